The third-order valence-corrected chi connectivity index (χ3v) is 5.61. The van der Waals surface area contributed by atoms with E-state index in [0.717, 1.165) is 52.3 Å². The Kier molecular flexibility index (Phi) is 4.51. The number of phenols is 1. The summed E-state index contributed by atoms with van der Waals surface area (Å²) in [5.41, 5.74) is 4.88. The first-order valence-corrected chi connectivity index (χ1v) is 9.57. The molecule has 0 spiro atoms. The number of rotatable bonds is 5. The standard InChI is InChI=1S/C20H21N3O2S/c1-20(11-9-14-13-15(24)7-8-17(14)25-20)10-4-12-21-23-19-22-16-5-2-3-6-18(16)26-19/h2-3,5-8,12-13,24H,4,9-11H2,1H3,(H,22,23)/b21-12+. The average molecular weight is 367 g/mol. The van der Waals surface area contributed by atoms with Crippen LogP contribution in [0.1, 0.15) is 31.7 Å². The van der Waals surface area contributed by atoms with Crippen LogP contribution < -0.4 is 10.2 Å². The molecule has 0 saturated heterocycles. The maximum absolute atomic E-state index is 9.57. The molecule has 1 aliphatic rings. The Hall–Kier alpha value is -2.60. The van der Waals surface area contributed by atoms with E-state index in [0.29, 0.717) is 5.75 Å². The van der Waals surface area contributed by atoms with Crippen LogP contribution in [0.2, 0.25) is 0 Å². The van der Waals surface area contributed by atoms with Gasteiger partial charge in [0.1, 0.15) is 17.1 Å². The number of hydrazone groups is 1. The van der Waals surface area contributed by atoms with Crippen LogP contribution in [0.15, 0.2) is 47.6 Å². The van der Waals surface area contributed by atoms with Gasteiger partial charge in [-0.05, 0) is 68.5 Å². The molecule has 1 aromatic heterocycles. The van der Waals surface area contributed by atoms with E-state index < -0.39 is 0 Å². The fourth-order valence-corrected chi connectivity index (χ4v) is 4.02. The lowest BCUT2D eigenvalue weighted by molar-refractivity contribution is 0.0584. The molecule has 1 aliphatic heterocycles. The topological polar surface area (TPSA) is 66.7 Å². The lowest BCUT2D eigenvalue weighted by atomic mass is 9.89. The molecule has 1 unspecified atom stereocenters. The first-order valence-electron chi connectivity index (χ1n) is 8.75. The second-order valence-corrected chi connectivity index (χ2v) is 7.82. The highest BCUT2D eigenvalue weighted by atomic mass is 32.1. The second-order valence-electron chi connectivity index (χ2n) is 6.79. The molecule has 3 aromatic rings. The third-order valence-electron chi connectivity index (χ3n) is 4.67. The van der Waals surface area contributed by atoms with Gasteiger partial charge in [-0.1, -0.05) is 23.5 Å². The van der Waals surface area contributed by atoms with Crippen molar-refractivity contribution in [1.29, 1.82) is 0 Å². The van der Waals surface area contributed by atoms with Crippen molar-refractivity contribution in [2.24, 2.45) is 5.10 Å². The molecule has 6 heteroatoms. The Morgan fingerprint density at radius 2 is 2.23 bits per heavy atom. The summed E-state index contributed by atoms with van der Waals surface area (Å²) in [5, 5.41) is 14.7. The molecule has 0 saturated carbocycles. The minimum Gasteiger partial charge on any atom is -0.508 e. The normalized spacial score (nSPS) is 19.4. The second kappa shape index (κ2) is 6.96. The van der Waals surface area contributed by atoms with Gasteiger partial charge < -0.3 is 9.84 Å². The summed E-state index contributed by atoms with van der Waals surface area (Å²) in [6, 6.07) is 13.4. The van der Waals surface area contributed by atoms with Crippen molar-refractivity contribution in [2.75, 3.05) is 5.43 Å². The Labute approximate surface area is 156 Å². The smallest absolute Gasteiger partial charge is 0.204 e. The highest BCUT2D eigenvalue weighted by Gasteiger charge is 2.30. The van der Waals surface area contributed by atoms with E-state index in [9.17, 15) is 5.11 Å². The molecule has 2 N–H and O–H groups in total. The zero-order valence-corrected chi connectivity index (χ0v) is 15.4. The van der Waals surface area contributed by atoms with Crippen LogP contribution in [-0.4, -0.2) is 21.9 Å². The van der Waals surface area contributed by atoms with E-state index in [2.05, 4.69) is 28.5 Å². The number of phenolic OH excluding ortho intramolecular Hbond substituents is 1. The van der Waals surface area contributed by atoms with Gasteiger partial charge >= 0.3 is 0 Å². The Bertz CT molecular complexity index is 920. The molecule has 0 fully saturated rings. The number of nitrogens with zero attached hydrogens (tertiary/aromatic N) is 2. The number of ether oxygens (including phenoxy) is 1. The minimum atomic E-state index is -0.203. The maximum Gasteiger partial charge on any atom is 0.204 e. The summed E-state index contributed by atoms with van der Waals surface area (Å²) >= 11 is 1.59. The molecular formula is C20H21N3O2S. The Morgan fingerprint density at radius 1 is 1.35 bits per heavy atom. The zero-order valence-electron chi connectivity index (χ0n) is 14.6. The molecule has 0 bridgehead atoms. The summed E-state index contributed by atoms with van der Waals surface area (Å²) in [6.07, 6.45) is 5.44. The van der Waals surface area contributed by atoms with Crippen LogP contribution >= 0.6 is 11.3 Å². The van der Waals surface area contributed by atoms with Crippen LogP contribution in [0, 0.1) is 0 Å². The molecule has 1 atom stereocenters. The van der Waals surface area contributed by atoms with Crippen LogP contribution in [0.5, 0.6) is 11.5 Å². The number of hydrogen-bond donors (Lipinski definition) is 2. The van der Waals surface area contributed by atoms with Gasteiger partial charge in [0.15, 0.2) is 0 Å². The molecule has 4 rings (SSSR count). The quantitative estimate of drug-likeness (QED) is 0.494. The van der Waals surface area contributed by atoms with Crippen molar-refractivity contribution in [3.63, 3.8) is 0 Å². The van der Waals surface area contributed by atoms with E-state index in [4.69, 9.17) is 4.74 Å². The van der Waals surface area contributed by atoms with E-state index >= 15 is 0 Å². The van der Waals surface area contributed by atoms with Crippen LogP contribution in [0.3, 0.4) is 0 Å². The summed E-state index contributed by atoms with van der Waals surface area (Å²) in [6.45, 7) is 2.14. The highest BCUT2D eigenvalue weighted by molar-refractivity contribution is 7.22. The van der Waals surface area contributed by atoms with Gasteiger partial charge in [-0.25, -0.2) is 4.98 Å². The number of nitrogens with one attached hydrogen (secondary N) is 1. The summed E-state index contributed by atoms with van der Waals surface area (Å²) < 4.78 is 7.33. The van der Waals surface area contributed by atoms with Gasteiger partial charge in [0, 0.05) is 6.21 Å². The van der Waals surface area contributed by atoms with E-state index in [1.807, 2.05) is 30.5 Å². The molecule has 2 aromatic carbocycles. The van der Waals surface area contributed by atoms with E-state index in [1.54, 1.807) is 23.5 Å². The predicted octanol–water partition coefficient (Wildman–Crippen LogP) is 4.96. The number of thiazole rings is 1. The number of benzene rings is 2. The number of aromatic nitrogens is 1. The number of aryl methyl sites for hydroxylation is 1. The van der Waals surface area contributed by atoms with Gasteiger partial charge in [0.25, 0.3) is 0 Å². The molecular weight excluding hydrogens is 346 g/mol. The Balaban J connectivity index is 1.31. The molecule has 2 heterocycles. The number of anilines is 1. The molecule has 5 nitrogen and oxygen atoms in total. The molecule has 0 amide bonds. The lowest BCUT2D eigenvalue weighted by Gasteiger charge is -2.35. The first-order chi connectivity index (χ1) is 12.6. The van der Waals surface area contributed by atoms with Gasteiger partial charge in [-0.15, -0.1) is 0 Å². The molecule has 26 heavy (non-hydrogen) atoms. The van der Waals surface area contributed by atoms with E-state index in [1.165, 1.54) is 0 Å². The fraction of sp³-hybridized carbons (Fsp3) is 0.300. The number of para-hydroxylation sites is 1. The van der Waals surface area contributed by atoms with Gasteiger partial charge in [0.2, 0.25) is 5.13 Å². The van der Waals surface area contributed by atoms with Crippen LogP contribution in [0.4, 0.5) is 5.13 Å². The highest BCUT2D eigenvalue weighted by Crippen LogP contribution is 2.37. The largest absolute Gasteiger partial charge is 0.508 e. The molecule has 0 radical (unpaired) electrons. The third kappa shape index (κ3) is 3.65. The number of aromatic hydroxyl groups is 1. The summed E-state index contributed by atoms with van der Waals surface area (Å²) in [4.78, 5) is 4.49. The van der Waals surface area contributed by atoms with Gasteiger partial charge in [0.05, 0.1) is 10.2 Å². The number of fused-ring (bicyclic) bond motifs is 2. The van der Waals surface area contributed by atoms with Gasteiger partial charge in [-0.3, -0.25) is 5.43 Å². The van der Waals surface area contributed by atoms with Crippen LogP contribution in [0.25, 0.3) is 10.2 Å². The maximum atomic E-state index is 9.57. The van der Waals surface area contributed by atoms with Crippen molar-refractivity contribution >= 4 is 32.9 Å². The monoisotopic (exact) mass is 367 g/mol. The van der Waals surface area contributed by atoms with Crippen molar-refractivity contribution in [2.45, 2.75) is 38.2 Å². The SMILES string of the molecule is CC1(CC/C=N/Nc2nc3ccccc3s2)CCc2cc(O)ccc2O1. The van der Waals surface area contributed by atoms with Crippen molar-refractivity contribution in [3.8, 4) is 11.5 Å². The van der Waals surface area contributed by atoms with Crippen LogP contribution in [-0.2, 0) is 6.42 Å². The van der Waals surface area contributed by atoms with Gasteiger partial charge in [-0.2, -0.15) is 5.10 Å². The zero-order chi connectivity index (χ0) is 18.0. The lowest BCUT2D eigenvalue weighted by Crippen LogP contribution is -2.36. The van der Waals surface area contributed by atoms with Crippen molar-refractivity contribution in [1.82, 2.24) is 4.98 Å². The predicted molar refractivity (Wildman–Crippen MR) is 106 cm³/mol. The summed E-state index contributed by atoms with van der Waals surface area (Å²) in [7, 11) is 0. The summed E-state index contributed by atoms with van der Waals surface area (Å²) in [5.74, 6) is 1.17. The fourth-order valence-electron chi connectivity index (χ4n) is 3.21. The minimum absolute atomic E-state index is 0.203. The van der Waals surface area contributed by atoms with E-state index in [-0.39, 0.29) is 5.60 Å². The Morgan fingerprint density at radius 3 is 3.12 bits per heavy atom. The average Bonchev–Trinajstić information content (AvgIpc) is 3.04. The van der Waals surface area contributed by atoms with Crippen molar-refractivity contribution < 1.29 is 9.84 Å². The van der Waals surface area contributed by atoms with Crippen molar-refractivity contribution in [3.05, 3.63) is 48.0 Å². The molecule has 134 valence electrons. The molecule has 0 aliphatic carbocycles. The number of hydrogen-bond acceptors (Lipinski definition) is 6. The first kappa shape index (κ1) is 16.8.